The maximum absolute atomic E-state index is 6.92. The third kappa shape index (κ3) is 32.5. The van der Waals surface area contributed by atoms with E-state index in [9.17, 15) is 0 Å². The Labute approximate surface area is 205 Å². The molecule has 2 N–H and O–H groups in total. The summed E-state index contributed by atoms with van der Waals surface area (Å²) in [6, 6.07) is 0. The van der Waals surface area contributed by atoms with E-state index < -0.39 is 0 Å². The number of hydrogen-bond donors (Lipinski definition) is 1. The van der Waals surface area contributed by atoms with Crippen molar-refractivity contribution < 1.29 is 0 Å². The topological polar surface area (TPSA) is 29.3 Å². The van der Waals surface area contributed by atoms with Gasteiger partial charge in [0.15, 0.2) is 0 Å². The summed E-state index contributed by atoms with van der Waals surface area (Å²) in [5.74, 6) is 0. The van der Waals surface area contributed by atoms with E-state index in [4.69, 9.17) is 5.73 Å². The summed E-state index contributed by atoms with van der Waals surface area (Å²) in [6.07, 6.45) is 28.8. The monoisotopic (exact) mass is 462 g/mol. The molecule has 0 aliphatic carbocycles. The largest absolute Gasteiger partial charge is 0.325 e. The predicted molar refractivity (Wildman–Crippen MR) is 148 cm³/mol. The Bertz CT molecular complexity index is 264. The van der Waals surface area contributed by atoms with Crippen molar-refractivity contribution in [1.29, 1.82) is 0 Å². The molecule has 0 fully saturated rings. The molecular formula is C28H63ClN2. The highest BCUT2D eigenvalue weighted by atomic mass is 35.5. The molecule has 31 heavy (non-hydrogen) atoms. The first kappa shape index (κ1) is 35.8. The fourth-order valence-corrected chi connectivity index (χ4v) is 4.15. The third-order valence-electron chi connectivity index (χ3n) is 6.08. The van der Waals surface area contributed by atoms with Crippen LogP contribution in [0.2, 0.25) is 0 Å². The van der Waals surface area contributed by atoms with Crippen LogP contribution >= 0.6 is 12.4 Å². The number of nitrogens with two attached hydrogens (primary N) is 1. The molecule has 192 valence electrons. The van der Waals surface area contributed by atoms with Crippen molar-refractivity contribution in [2.45, 2.75) is 161 Å². The lowest BCUT2D eigenvalue weighted by Gasteiger charge is -2.30. The minimum Gasteiger partial charge on any atom is -0.325 e. The van der Waals surface area contributed by atoms with Crippen LogP contribution in [0, 0.1) is 0 Å². The van der Waals surface area contributed by atoms with Gasteiger partial charge in [0.25, 0.3) is 0 Å². The molecule has 0 aromatic heterocycles. The minimum absolute atomic E-state index is 0. The van der Waals surface area contributed by atoms with E-state index in [1.54, 1.807) is 0 Å². The standard InChI is InChI=1S/C25H53N.C3H9N.ClH/c1-4-7-10-13-16-19-22-25(26,23-20-17-14-11-8-5-2)24-21-18-15-12-9-6-3;1-4(2)3;/h4-24,26H2,1-3H3;1-3H3;1H. The van der Waals surface area contributed by atoms with Crippen molar-refractivity contribution in [1.82, 2.24) is 4.90 Å². The number of halogens is 1. The summed E-state index contributed by atoms with van der Waals surface area (Å²) >= 11 is 0. The zero-order valence-electron chi connectivity index (χ0n) is 22.8. The second kappa shape index (κ2) is 28.2. The van der Waals surface area contributed by atoms with Crippen molar-refractivity contribution in [3.63, 3.8) is 0 Å². The molecule has 0 heterocycles. The normalized spacial score (nSPS) is 11.2. The highest BCUT2D eigenvalue weighted by molar-refractivity contribution is 5.85. The molecule has 0 unspecified atom stereocenters. The molecule has 0 rings (SSSR count). The number of nitrogens with zero attached hydrogens (tertiary/aromatic N) is 1. The van der Waals surface area contributed by atoms with E-state index in [0.29, 0.717) is 0 Å². The van der Waals surface area contributed by atoms with Crippen LogP contribution in [0.3, 0.4) is 0 Å². The fourth-order valence-electron chi connectivity index (χ4n) is 4.15. The lowest BCUT2D eigenvalue weighted by molar-refractivity contribution is 0.302. The number of rotatable bonds is 21. The summed E-state index contributed by atoms with van der Waals surface area (Å²) in [7, 11) is 6.00. The molecule has 0 aliphatic rings. The molecule has 0 aromatic carbocycles. The Balaban J connectivity index is -0.00000143. The van der Waals surface area contributed by atoms with Crippen LogP contribution in [0.1, 0.15) is 156 Å². The Morgan fingerprint density at radius 3 is 0.871 bits per heavy atom. The van der Waals surface area contributed by atoms with Crippen LogP contribution in [0.4, 0.5) is 0 Å². The quantitative estimate of drug-likeness (QED) is 0.172. The average Bonchev–Trinajstić information content (AvgIpc) is 2.70. The third-order valence-corrected chi connectivity index (χ3v) is 6.08. The average molecular weight is 463 g/mol. The van der Waals surface area contributed by atoms with Gasteiger partial charge in [-0.25, -0.2) is 0 Å². The molecule has 3 heteroatoms. The molecule has 0 bridgehead atoms. The molecule has 0 saturated carbocycles. The Morgan fingerprint density at radius 1 is 0.452 bits per heavy atom. The summed E-state index contributed by atoms with van der Waals surface area (Å²) in [4.78, 5) is 2.00. The van der Waals surface area contributed by atoms with Crippen molar-refractivity contribution in [2.24, 2.45) is 5.73 Å². The van der Waals surface area contributed by atoms with Gasteiger partial charge < -0.3 is 10.6 Å². The molecule has 0 spiro atoms. The van der Waals surface area contributed by atoms with E-state index in [-0.39, 0.29) is 17.9 Å². The Hall–Kier alpha value is 0.210. The summed E-state index contributed by atoms with van der Waals surface area (Å²) in [6.45, 7) is 6.89. The molecule has 0 radical (unpaired) electrons. The van der Waals surface area contributed by atoms with Crippen molar-refractivity contribution >= 4 is 12.4 Å². The first-order chi connectivity index (χ1) is 14.4. The molecule has 0 aromatic rings. The highest BCUT2D eigenvalue weighted by Gasteiger charge is 2.23. The molecule has 0 aliphatic heterocycles. The van der Waals surface area contributed by atoms with Gasteiger partial charge in [-0.1, -0.05) is 136 Å². The number of hydrogen-bond acceptors (Lipinski definition) is 2. The second-order valence-electron chi connectivity index (χ2n) is 10.3. The van der Waals surface area contributed by atoms with Gasteiger partial charge in [-0.3, -0.25) is 0 Å². The first-order valence-corrected chi connectivity index (χ1v) is 13.8. The zero-order valence-corrected chi connectivity index (χ0v) is 23.6. The van der Waals surface area contributed by atoms with Gasteiger partial charge in [0.1, 0.15) is 0 Å². The van der Waals surface area contributed by atoms with Gasteiger partial charge in [0.2, 0.25) is 0 Å². The van der Waals surface area contributed by atoms with Crippen LogP contribution in [0.15, 0.2) is 0 Å². The Kier molecular flexibility index (Phi) is 32.6. The number of unbranched alkanes of at least 4 members (excludes halogenated alkanes) is 15. The van der Waals surface area contributed by atoms with Crippen LogP contribution < -0.4 is 5.73 Å². The van der Waals surface area contributed by atoms with Crippen molar-refractivity contribution in [3.05, 3.63) is 0 Å². The maximum Gasteiger partial charge on any atom is 0.0154 e. The van der Waals surface area contributed by atoms with E-state index in [2.05, 4.69) is 20.8 Å². The lowest BCUT2D eigenvalue weighted by atomic mass is 9.82. The van der Waals surface area contributed by atoms with Crippen molar-refractivity contribution in [2.75, 3.05) is 21.1 Å². The Morgan fingerprint density at radius 2 is 0.645 bits per heavy atom. The molecule has 2 nitrogen and oxygen atoms in total. The van der Waals surface area contributed by atoms with Crippen LogP contribution in [0.25, 0.3) is 0 Å². The van der Waals surface area contributed by atoms with Gasteiger partial charge in [-0.15, -0.1) is 12.4 Å². The predicted octanol–water partition coefficient (Wildman–Crippen LogP) is 9.54. The van der Waals surface area contributed by atoms with E-state index >= 15 is 0 Å². The SMILES string of the molecule is CCCCCCCCC(N)(CCCCCCCC)CCCCCCCC.CN(C)C.Cl. The van der Waals surface area contributed by atoms with E-state index in [0.717, 1.165) is 0 Å². The van der Waals surface area contributed by atoms with Gasteiger partial charge >= 0.3 is 0 Å². The van der Waals surface area contributed by atoms with Crippen molar-refractivity contribution in [3.8, 4) is 0 Å². The van der Waals surface area contributed by atoms with Crippen LogP contribution in [-0.4, -0.2) is 31.6 Å². The van der Waals surface area contributed by atoms with E-state index in [1.807, 2.05) is 26.0 Å². The zero-order chi connectivity index (χ0) is 22.9. The minimum atomic E-state index is 0. The molecule has 0 saturated heterocycles. The summed E-state index contributed by atoms with van der Waals surface area (Å²) in [5.41, 5.74) is 7.06. The summed E-state index contributed by atoms with van der Waals surface area (Å²) < 4.78 is 0. The second-order valence-corrected chi connectivity index (χ2v) is 10.3. The lowest BCUT2D eigenvalue weighted by Crippen LogP contribution is -2.39. The fraction of sp³-hybridized carbons (Fsp3) is 1.00. The first-order valence-electron chi connectivity index (χ1n) is 13.8. The summed E-state index contributed by atoms with van der Waals surface area (Å²) in [5, 5.41) is 0. The van der Waals surface area contributed by atoms with Gasteiger partial charge in [0, 0.05) is 5.54 Å². The molecule has 0 amide bonds. The highest BCUT2D eigenvalue weighted by Crippen LogP contribution is 2.27. The molecular weight excluding hydrogens is 400 g/mol. The van der Waals surface area contributed by atoms with Gasteiger partial charge in [-0.2, -0.15) is 0 Å². The van der Waals surface area contributed by atoms with Crippen LogP contribution in [-0.2, 0) is 0 Å². The van der Waals surface area contributed by atoms with Gasteiger partial charge in [-0.05, 0) is 40.4 Å². The van der Waals surface area contributed by atoms with Gasteiger partial charge in [0.05, 0.1) is 0 Å². The van der Waals surface area contributed by atoms with Crippen LogP contribution in [0.5, 0.6) is 0 Å². The molecule has 0 atom stereocenters. The van der Waals surface area contributed by atoms with E-state index in [1.165, 1.54) is 135 Å². The maximum atomic E-state index is 6.92. The smallest absolute Gasteiger partial charge is 0.0154 e.